The summed E-state index contributed by atoms with van der Waals surface area (Å²) in [6, 6.07) is 15.0. The van der Waals surface area contributed by atoms with E-state index in [9.17, 15) is 22.4 Å². The van der Waals surface area contributed by atoms with Crippen LogP contribution in [0.3, 0.4) is 0 Å². The molecule has 0 saturated carbocycles. The van der Waals surface area contributed by atoms with Gasteiger partial charge < -0.3 is 10.1 Å². The van der Waals surface area contributed by atoms with Gasteiger partial charge in [0.05, 0.1) is 23.9 Å². The molecule has 3 rings (SSSR count). The monoisotopic (exact) mass is 389 g/mol. The molecule has 0 fully saturated rings. The fourth-order valence-electron chi connectivity index (χ4n) is 2.66. The molecule has 0 aliphatic rings. The number of methoxy groups -OCH3 is 1. The Balaban J connectivity index is 1.99. The van der Waals surface area contributed by atoms with Gasteiger partial charge in [-0.2, -0.15) is 13.2 Å². The quantitative estimate of drug-likeness (QED) is 0.437. The SMILES string of the molecule is COC(=O)c1ccc(-c2ccc(C(F)(F)F)cc2)cc1Nc1ccc(F)cc1. The van der Waals surface area contributed by atoms with Crippen LogP contribution in [0.5, 0.6) is 0 Å². The minimum absolute atomic E-state index is 0.238. The van der Waals surface area contributed by atoms with Gasteiger partial charge in [0.25, 0.3) is 0 Å². The summed E-state index contributed by atoms with van der Waals surface area (Å²) in [5.74, 6) is -0.985. The van der Waals surface area contributed by atoms with Gasteiger partial charge in [0.1, 0.15) is 5.82 Å². The molecule has 3 aromatic rings. The lowest BCUT2D eigenvalue weighted by atomic mass is 10.0. The molecule has 0 saturated heterocycles. The summed E-state index contributed by atoms with van der Waals surface area (Å²) < 4.78 is 56.1. The third-order valence-electron chi connectivity index (χ3n) is 4.09. The van der Waals surface area contributed by atoms with E-state index in [0.717, 1.165) is 12.1 Å². The smallest absolute Gasteiger partial charge is 0.416 e. The van der Waals surface area contributed by atoms with Crippen LogP contribution >= 0.6 is 0 Å². The molecular formula is C21H15F4NO2. The second-order valence-electron chi connectivity index (χ2n) is 5.96. The fourth-order valence-corrected chi connectivity index (χ4v) is 2.66. The van der Waals surface area contributed by atoms with Gasteiger partial charge in [-0.25, -0.2) is 9.18 Å². The lowest BCUT2D eigenvalue weighted by Gasteiger charge is -2.14. The van der Waals surface area contributed by atoms with Gasteiger partial charge in [0, 0.05) is 5.69 Å². The summed E-state index contributed by atoms with van der Waals surface area (Å²) in [6.07, 6.45) is -4.41. The van der Waals surface area contributed by atoms with E-state index in [2.05, 4.69) is 5.32 Å². The van der Waals surface area contributed by atoms with Gasteiger partial charge in [-0.1, -0.05) is 18.2 Å². The number of ether oxygens (including phenoxy) is 1. The lowest BCUT2D eigenvalue weighted by molar-refractivity contribution is -0.137. The van der Waals surface area contributed by atoms with Crippen LogP contribution in [0.15, 0.2) is 66.7 Å². The van der Waals surface area contributed by atoms with Crippen molar-refractivity contribution in [2.24, 2.45) is 0 Å². The number of carbonyl (C=O) groups is 1. The highest BCUT2D eigenvalue weighted by molar-refractivity contribution is 5.97. The Kier molecular flexibility index (Phi) is 5.35. The van der Waals surface area contributed by atoms with Gasteiger partial charge in [-0.3, -0.25) is 0 Å². The Bertz CT molecular complexity index is 981. The van der Waals surface area contributed by atoms with Crippen LogP contribution in [0.2, 0.25) is 0 Å². The number of esters is 1. The molecule has 144 valence electrons. The number of anilines is 2. The van der Waals surface area contributed by atoms with Crippen LogP contribution in [-0.2, 0) is 10.9 Å². The first-order valence-corrected chi connectivity index (χ1v) is 8.20. The minimum Gasteiger partial charge on any atom is -0.465 e. The van der Waals surface area contributed by atoms with Crippen molar-refractivity contribution in [2.45, 2.75) is 6.18 Å². The molecule has 3 nitrogen and oxygen atoms in total. The first-order valence-electron chi connectivity index (χ1n) is 8.20. The Morgan fingerprint density at radius 2 is 1.50 bits per heavy atom. The predicted octanol–water partition coefficient (Wildman–Crippen LogP) is 6.04. The van der Waals surface area contributed by atoms with Gasteiger partial charge in [0.2, 0.25) is 0 Å². The molecule has 0 amide bonds. The maximum atomic E-state index is 13.1. The second-order valence-corrected chi connectivity index (χ2v) is 5.96. The molecule has 0 aromatic heterocycles. The number of carbonyl (C=O) groups excluding carboxylic acids is 1. The van der Waals surface area contributed by atoms with E-state index >= 15 is 0 Å². The maximum absolute atomic E-state index is 13.1. The summed E-state index contributed by atoms with van der Waals surface area (Å²) in [6.45, 7) is 0. The Labute approximate surface area is 158 Å². The standard InChI is InChI=1S/C21H15F4NO2/c1-28-20(27)18-11-4-14(13-2-5-15(6-3-13)21(23,24)25)12-19(18)26-17-9-7-16(22)8-10-17/h2-12,26H,1H3. The largest absolute Gasteiger partial charge is 0.465 e. The first-order chi connectivity index (χ1) is 13.3. The number of rotatable bonds is 4. The van der Waals surface area contributed by atoms with Crippen LogP contribution in [-0.4, -0.2) is 13.1 Å². The van der Waals surface area contributed by atoms with E-state index in [0.29, 0.717) is 22.5 Å². The number of alkyl halides is 3. The normalized spacial score (nSPS) is 11.2. The van der Waals surface area contributed by atoms with Crippen LogP contribution in [0.4, 0.5) is 28.9 Å². The van der Waals surface area contributed by atoms with Crippen molar-refractivity contribution in [1.29, 1.82) is 0 Å². The zero-order valence-electron chi connectivity index (χ0n) is 14.7. The Morgan fingerprint density at radius 1 is 0.893 bits per heavy atom. The molecule has 0 bridgehead atoms. The first kappa shape index (κ1) is 19.4. The molecule has 0 aliphatic carbocycles. The maximum Gasteiger partial charge on any atom is 0.416 e. The third-order valence-corrected chi connectivity index (χ3v) is 4.09. The molecule has 0 aliphatic heterocycles. The van der Waals surface area contributed by atoms with Crippen molar-refractivity contribution in [2.75, 3.05) is 12.4 Å². The molecule has 0 atom stereocenters. The predicted molar refractivity (Wildman–Crippen MR) is 97.9 cm³/mol. The van der Waals surface area contributed by atoms with Crippen LogP contribution in [0.25, 0.3) is 11.1 Å². The van der Waals surface area contributed by atoms with Gasteiger partial charge in [-0.05, 0) is 59.7 Å². The number of halogens is 4. The molecule has 0 spiro atoms. The molecule has 0 unspecified atom stereocenters. The third kappa shape index (κ3) is 4.31. The zero-order chi connectivity index (χ0) is 20.3. The van der Waals surface area contributed by atoms with Gasteiger partial charge in [-0.15, -0.1) is 0 Å². The van der Waals surface area contributed by atoms with Crippen molar-refractivity contribution >= 4 is 17.3 Å². The molecule has 3 aromatic carbocycles. The number of benzene rings is 3. The molecule has 7 heteroatoms. The number of nitrogens with one attached hydrogen (secondary N) is 1. The molecule has 28 heavy (non-hydrogen) atoms. The highest BCUT2D eigenvalue weighted by Crippen LogP contribution is 2.33. The highest BCUT2D eigenvalue weighted by atomic mass is 19.4. The van der Waals surface area contributed by atoms with Crippen LogP contribution in [0.1, 0.15) is 15.9 Å². The topological polar surface area (TPSA) is 38.3 Å². The zero-order valence-corrected chi connectivity index (χ0v) is 14.7. The Morgan fingerprint density at radius 3 is 2.07 bits per heavy atom. The van der Waals surface area contributed by atoms with Gasteiger partial charge >= 0.3 is 12.1 Å². The van der Waals surface area contributed by atoms with Crippen LogP contribution < -0.4 is 5.32 Å². The number of hydrogen-bond donors (Lipinski definition) is 1. The summed E-state index contributed by atoms with van der Waals surface area (Å²) >= 11 is 0. The lowest BCUT2D eigenvalue weighted by Crippen LogP contribution is -2.06. The van der Waals surface area contributed by atoms with Crippen molar-refractivity contribution in [3.05, 3.63) is 83.7 Å². The fraction of sp³-hybridized carbons (Fsp3) is 0.0952. The van der Waals surface area contributed by atoms with E-state index in [1.54, 1.807) is 12.1 Å². The van der Waals surface area contributed by atoms with E-state index in [1.165, 1.54) is 49.6 Å². The summed E-state index contributed by atoms with van der Waals surface area (Å²) in [4.78, 5) is 12.0. The van der Waals surface area contributed by atoms with E-state index in [1.807, 2.05) is 0 Å². The van der Waals surface area contributed by atoms with E-state index in [-0.39, 0.29) is 5.56 Å². The summed E-state index contributed by atoms with van der Waals surface area (Å²) in [7, 11) is 1.24. The summed E-state index contributed by atoms with van der Waals surface area (Å²) in [5, 5.41) is 3.01. The van der Waals surface area contributed by atoms with Crippen molar-refractivity contribution in [3.63, 3.8) is 0 Å². The molecule has 0 radical (unpaired) electrons. The average molecular weight is 389 g/mol. The van der Waals surface area contributed by atoms with Crippen LogP contribution in [0, 0.1) is 5.82 Å². The van der Waals surface area contributed by atoms with Crippen molar-refractivity contribution < 1.29 is 27.1 Å². The van der Waals surface area contributed by atoms with Crippen molar-refractivity contribution in [1.82, 2.24) is 0 Å². The molecular weight excluding hydrogens is 374 g/mol. The van der Waals surface area contributed by atoms with E-state index < -0.39 is 23.5 Å². The average Bonchev–Trinajstić information content (AvgIpc) is 2.68. The highest BCUT2D eigenvalue weighted by Gasteiger charge is 2.30. The van der Waals surface area contributed by atoms with Crippen molar-refractivity contribution in [3.8, 4) is 11.1 Å². The molecule has 1 N–H and O–H groups in total. The van der Waals surface area contributed by atoms with Gasteiger partial charge in [0.15, 0.2) is 0 Å². The Hall–Kier alpha value is -3.35. The van der Waals surface area contributed by atoms with E-state index in [4.69, 9.17) is 4.74 Å². The minimum atomic E-state index is -4.41. The summed E-state index contributed by atoms with van der Waals surface area (Å²) in [5.41, 5.74) is 1.57. The number of hydrogen-bond acceptors (Lipinski definition) is 3. The second kappa shape index (κ2) is 7.72. The molecule has 0 heterocycles.